The first-order chi connectivity index (χ1) is 9.54. The Bertz CT molecular complexity index is 542. The molecule has 0 saturated carbocycles. The second-order valence-electron chi connectivity index (χ2n) is 4.76. The van der Waals surface area contributed by atoms with Crippen molar-refractivity contribution < 1.29 is 13.2 Å². The minimum atomic E-state index is -3.35. The normalized spacial score (nSPS) is 20.8. The van der Waals surface area contributed by atoms with Gasteiger partial charge in [-0.05, 0) is 19.3 Å². The molecular formula is C12H19N3O3S2. The van der Waals surface area contributed by atoms with E-state index in [2.05, 4.69) is 10.3 Å². The third-order valence-corrected chi connectivity index (χ3v) is 6.00. The molecule has 1 fully saturated rings. The zero-order valence-corrected chi connectivity index (χ0v) is 13.0. The van der Waals surface area contributed by atoms with Gasteiger partial charge in [0, 0.05) is 18.1 Å². The van der Waals surface area contributed by atoms with E-state index in [-0.39, 0.29) is 11.7 Å². The van der Waals surface area contributed by atoms with Crippen LogP contribution in [0.4, 0.5) is 5.13 Å². The average molecular weight is 317 g/mol. The number of thiazole rings is 1. The SMILES string of the molecule is CCCS(=O)(=O)N1CCCCC1C(=O)Nc1nccs1. The molecule has 8 heteroatoms. The molecule has 2 rings (SSSR count). The van der Waals surface area contributed by atoms with E-state index >= 15 is 0 Å². The van der Waals surface area contributed by atoms with E-state index in [4.69, 9.17) is 0 Å². The van der Waals surface area contributed by atoms with Crippen LogP contribution in [0.3, 0.4) is 0 Å². The third-order valence-electron chi connectivity index (χ3n) is 3.24. The molecule has 0 spiro atoms. The number of amides is 1. The van der Waals surface area contributed by atoms with Crippen molar-refractivity contribution in [1.82, 2.24) is 9.29 Å². The van der Waals surface area contributed by atoms with E-state index in [1.807, 2.05) is 6.92 Å². The highest BCUT2D eigenvalue weighted by atomic mass is 32.2. The number of rotatable bonds is 5. The second kappa shape index (κ2) is 6.64. The van der Waals surface area contributed by atoms with Crippen LogP contribution in [0, 0.1) is 0 Å². The van der Waals surface area contributed by atoms with Gasteiger partial charge >= 0.3 is 0 Å². The van der Waals surface area contributed by atoms with Crippen LogP contribution in [0.1, 0.15) is 32.6 Å². The minimum Gasteiger partial charge on any atom is -0.301 e. The van der Waals surface area contributed by atoms with E-state index < -0.39 is 16.1 Å². The number of piperidine rings is 1. The standard InChI is InChI=1S/C12H19N3O3S2/c1-2-9-20(17,18)15-7-4-3-5-10(15)11(16)14-12-13-6-8-19-12/h6,8,10H,2-5,7,9H2,1H3,(H,13,14,16). The molecule has 0 aromatic carbocycles. The summed E-state index contributed by atoms with van der Waals surface area (Å²) in [6.07, 6.45) is 4.41. The predicted octanol–water partition coefficient (Wildman–Crippen LogP) is 1.68. The van der Waals surface area contributed by atoms with Gasteiger partial charge in [0.1, 0.15) is 6.04 Å². The number of nitrogens with one attached hydrogen (secondary N) is 1. The molecule has 6 nitrogen and oxygen atoms in total. The highest BCUT2D eigenvalue weighted by molar-refractivity contribution is 7.89. The minimum absolute atomic E-state index is 0.0913. The molecule has 1 aliphatic rings. The summed E-state index contributed by atoms with van der Waals surface area (Å²) < 4.78 is 25.8. The summed E-state index contributed by atoms with van der Waals surface area (Å²) in [7, 11) is -3.35. The van der Waals surface area contributed by atoms with Crippen LogP contribution in [-0.4, -0.2) is 42.0 Å². The van der Waals surface area contributed by atoms with Gasteiger partial charge in [-0.3, -0.25) is 4.79 Å². The molecule has 2 heterocycles. The van der Waals surface area contributed by atoms with Crippen molar-refractivity contribution in [3.05, 3.63) is 11.6 Å². The van der Waals surface area contributed by atoms with Gasteiger partial charge in [0.05, 0.1) is 5.75 Å². The summed E-state index contributed by atoms with van der Waals surface area (Å²) in [4.78, 5) is 16.3. The maximum Gasteiger partial charge on any atom is 0.244 e. The Balaban J connectivity index is 2.12. The van der Waals surface area contributed by atoms with Crippen LogP contribution < -0.4 is 5.32 Å². The zero-order chi connectivity index (χ0) is 14.6. The second-order valence-corrected chi connectivity index (χ2v) is 7.70. The maximum absolute atomic E-state index is 12.3. The fourth-order valence-electron chi connectivity index (χ4n) is 2.35. The van der Waals surface area contributed by atoms with Gasteiger partial charge in [-0.1, -0.05) is 13.3 Å². The van der Waals surface area contributed by atoms with E-state index in [0.29, 0.717) is 24.5 Å². The van der Waals surface area contributed by atoms with Crippen molar-refractivity contribution in [1.29, 1.82) is 0 Å². The fraction of sp³-hybridized carbons (Fsp3) is 0.667. The van der Waals surface area contributed by atoms with Crippen molar-refractivity contribution >= 4 is 32.4 Å². The van der Waals surface area contributed by atoms with E-state index in [1.54, 1.807) is 11.6 Å². The van der Waals surface area contributed by atoms with Crippen molar-refractivity contribution in [3.8, 4) is 0 Å². The third kappa shape index (κ3) is 3.56. The maximum atomic E-state index is 12.3. The summed E-state index contributed by atoms with van der Waals surface area (Å²) >= 11 is 1.32. The van der Waals surface area contributed by atoms with Gasteiger partial charge in [0.25, 0.3) is 0 Å². The molecule has 0 bridgehead atoms. The number of nitrogens with zero attached hydrogens (tertiary/aromatic N) is 2. The van der Waals surface area contributed by atoms with Crippen molar-refractivity contribution in [3.63, 3.8) is 0 Å². The topological polar surface area (TPSA) is 79.4 Å². The van der Waals surface area contributed by atoms with Crippen LogP contribution in [0.2, 0.25) is 0 Å². The number of hydrogen-bond acceptors (Lipinski definition) is 5. The first-order valence-electron chi connectivity index (χ1n) is 6.74. The summed E-state index contributed by atoms with van der Waals surface area (Å²) in [5.74, 6) is -0.187. The summed E-state index contributed by atoms with van der Waals surface area (Å²) in [5.41, 5.74) is 0. The average Bonchev–Trinajstić information content (AvgIpc) is 2.91. The van der Waals surface area contributed by atoms with Crippen LogP contribution in [-0.2, 0) is 14.8 Å². The first-order valence-corrected chi connectivity index (χ1v) is 9.23. The first kappa shape index (κ1) is 15.4. The van der Waals surface area contributed by atoms with Gasteiger partial charge in [0.2, 0.25) is 15.9 Å². The smallest absolute Gasteiger partial charge is 0.244 e. The van der Waals surface area contributed by atoms with Crippen molar-refractivity contribution in [2.75, 3.05) is 17.6 Å². The van der Waals surface area contributed by atoms with Crippen LogP contribution in [0.25, 0.3) is 0 Å². The Morgan fingerprint density at radius 3 is 3.00 bits per heavy atom. The Hall–Kier alpha value is -0.990. The van der Waals surface area contributed by atoms with E-state index in [0.717, 1.165) is 12.8 Å². The quantitative estimate of drug-likeness (QED) is 0.896. The number of carbonyl (C=O) groups excluding carboxylic acids is 1. The molecule has 1 aliphatic heterocycles. The number of carbonyl (C=O) groups is 1. The molecule has 1 amide bonds. The summed E-state index contributed by atoms with van der Waals surface area (Å²) in [5, 5.41) is 4.97. The number of anilines is 1. The molecule has 0 radical (unpaired) electrons. The van der Waals surface area contributed by atoms with Crippen molar-refractivity contribution in [2.24, 2.45) is 0 Å². The van der Waals surface area contributed by atoms with Crippen molar-refractivity contribution in [2.45, 2.75) is 38.6 Å². The molecule has 20 heavy (non-hydrogen) atoms. The van der Waals surface area contributed by atoms with E-state index in [1.165, 1.54) is 15.6 Å². The van der Waals surface area contributed by atoms with Crippen LogP contribution >= 0.6 is 11.3 Å². The lowest BCUT2D eigenvalue weighted by Crippen LogP contribution is -2.50. The molecule has 1 N–H and O–H groups in total. The predicted molar refractivity (Wildman–Crippen MR) is 79.2 cm³/mol. The molecular weight excluding hydrogens is 298 g/mol. The van der Waals surface area contributed by atoms with Gasteiger partial charge in [-0.25, -0.2) is 13.4 Å². The highest BCUT2D eigenvalue weighted by Gasteiger charge is 2.36. The number of sulfonamides is 1. The summed E-state index contributed by atoms with van der Waals surface area (Å²) in [6.45, 7) is 2.25. The van der Waals surface area contributed by atoms with E-state index in [9.17, 15) is 13.2 Å². The molecule has 1 atom stereocenters. The largest absolute Gasteiger partial charge is 0.301 e. The fourth-order valence-corrected chi connectivity index (χ4v) is 4.63. The molecule has 1 aromatic heterocycles. The molecule has 1 aromatic rings. The van der Waals surface area contributed by atoms with Crippen LogP contribution in [0.15, 0.2) is 11.6 Å². The lowest BCUT2D eigenvalue weighted by molar-refractivity contribution is -0.120. The Morgan fingerprint density at radius 2 is 2.35 bits per heavy atom. The Kier molecular flexibility index (Phi) is 5.11. The lowest BCUT2D eigenvalue weighted by Gasteiger charge is -2.33. The molecule has 1 saturated heterocycles. The lowest BCUT2D eigenvalue weighted by atomic mass is 10.0. The monoisotopic (exact) mass is 317 g/mol. The van der Waals surface area contributed by atoms with Gasteiger partial charge in [-0.2, -0.15) is 4.31 Å². The Morgan fingerprint density at radius 1 is 1.55 bits per heavy atom. The summed E-state index contributed by atoms with van der Waals surface area (Å²) in [6, 6.07) is -0.607. The Labute approximate surface area is 123 Å². The van der Waals surface area contributed by atoms with Gasteiger partial charge < -0.3 is 5.32 Å². The van der Waals surface area contributed by atoms with Crippen LogP contribution in [0.5, 0.6) is 0 Å². The van der Waals surface area contributed by atoms with Gasteiger partial charge in [-0.15, -0.1) is 11.3 Å². The molecule has 1 unspecified atom stereocenters. The molecule has 112 valence electrons. The molecule has 0 aliphatic carbocycles. The number of aromatic nitrogens is 1. The zero-order valence-electron chi connectivity index (χ0n) is 11.4. The van der Waals surface area contributed by atoms with Gasteiger partial charge in [0.15, 0.2) is 5.13 Å². The number of hydrogen-bond donors (Lipinski definition) is 1. The highest BCUT2D eigenvalue weighted by Crippen LogP contribution is 2.23.